The zero-order valence-corrected chi connectivity index (χ0v) is 11.1. The van der Waals surface area contributed by atoms with Crippen molar-refractivity contribution in [2.75, 3.05) is 31.1 Å². The predicted molar refractivity (Wildman–Crippen MR) is 73.0 cm³/mol. The van der Waals surface area contributed by atoms with Crippen molar-refractivity contribution in [3.63, 3.8) is 0 Å². The standard InChI is InChI=1S/C13H15N3O4/c1-10(18)14-4-6-15(7-5-14)13-3-2-12(16(19)20)8-11(13)9-17/h2-3,8-9H,4-7H2,1H3. The second-order valence-corrected chi connectivity index (χ2v) is 4.61. The largest absolute Gasteiger partial charge is 0.367 e. The van der Waals surface area contributed by atoms with Crippen LogP contribution in [0, 0.1) is 10.1 Å². The molecule has 1 heterocycles. The van der Waals surface area contributed by atoms with Crippen LogP contribution in [0.5, 0.6) is 0 Å². The lowest BCUT2D eigenvalue weighted by Gasteiger charge is -2.36. The number of benzene rings is 1. The van der Waals surface area contributed by atoms with Gasteiger partial charge in [-0.05, 0) is 6.07 Å². The lowest BCUT2D eigenvalue weighted by molar-refractivity contribution is -0.384. The summed E-state index contributed by atoms with van der Waals surface area (Å²) in [7, 11) is 0. The van der Waals surface area contributed by atoms with Gasteiger partial charge >= 0.3 is 0 Å². The van der Waals surface area contributed by atoms with E-state index < -0.39 is 4.92 Å². The van der Waals surface area contributed by atoms with Gasteiger partial charge in [-0.25, -0.2) is 0 Å². The number of anilines is 1. The van der Waals surface area contributed by atoms with E-state index in [2.05, 4.69) is 0 Å². The first-order valence-corrected chi connectivity index (χ1v) is 6.27. The van der Waals surface area contributed by atoms with Gasteiger partial charge in [-0.15, -0.1) is 0 Å². The number of nitrogens with zero attached hydrogens (tertiary/aromatic N) is 3. The molecule has 106 valence electrons. The number of hydrogen-bond acceptors (Lipinski definition) is 5. The molecule has 1 aliphatic rings. The first-order chi connectivity index (χ1) is 9.52. The van der Waals surface area contributed by atoms with Gasteiger partial charge in [-0.1, -0.05) is 0 Å². The van der Waals surface area contributed by atoms with Crippen molar-refractivity contribution >= 4 is 23.6 Å². The summed E-state index contributed by atoms with van der Waals surface area (Å²) < 4.78 is 0. The van der Waals surface area contributed by atoms with E-state index >= 15 is 0 Å². The van der Waals surface area contributed by atoms with E-state index in [1.54, 1.807) is 11.0 Å². The highest BCUT2D eigenvalue weighted by atomic mass is 16.6. The number of nitro groups is 1. The molecule has 1 amide bonds. The summed E-state index contributed by atoms with van der Waals surface area (Å²) in [5.41, 5.74) is 0.877. The molecule has 1 aromatic carbocycles. The molecule has 2 rings (SSSR count). The molecule has 0 spiro atoms. The summed E-state index contributed by atoms with van der Waals surface area (Å²) in [5.74, 6) is 0.0314. The fourth-order valence-corrected chi connectivity index (χ4v) is 2.30. The molecule has 20 heavy (non-hydrogen) atoms. The van der Waals surface area contributed by atoms with Gasteiger partial charge in [0.2, 0.25) is 5.91 Å². The lowest BCUT2D eigenvalue weighted by atomic mass is 10.1. The summed E-state index contributed by atoms with van der Waals surface area (Å²) >= 11 is 0. The van der Waals surface area contributed by atoms with Gasteiger partial charge < -0.3 is 9.80 Å². The highest BCUT2D eigenvalue weighted by Gasteiger charge is 2.21. The van der Waals surface area contributed by atoms with E-state index in [-0.39, 0.29) is 11.6 Å². The molecule has 0 unspecified atom stereocenters. The Kier molecular flexibility index (Phi) is 3.97. The maximum Gasteiger partial charge on any atom is 0.270 e. The SMILES string of the molecule is CC(=O)N1CCN(c2ccc([N+](=O)[O-])cc2C=O)CC1. The Hall–Kier alpha value is -2.44. The minimum absolute atomic E-state index is 0.0314. The molecule has 1 aromatic rings. The summed E-state index contributed by atoms with van der Waals surface area (Å²) in [4.78, 5) is 36.3. The number of aldehydes is 1. The van der Waals surface area contributed by atoms with E-state index in [1.165, 1.54) is 19.1 Å². The molecule has 1 saturated heterocycles. The molecule has 1 aliphatic heterocycles. The molecule has 1 fully saturated rings. The van der Waals surface area contributed by atoms with Crippen LogP contribution in [0.15, 0.2) is 18.2 Å². The molecular weight excluding hydrogens is 262 g/mol. The number of carbonyl (C=O) groups is 2. The van der Waals surface area contributed by atoms with Gasteiger partial charge in [0.1, 0.15) is 0 Å². The van der Waals surface area contributed by atoms with Crippen LogP contribution in [0.2, 0.25) is 0 Å². The topological polar surface area (TPSA) is 83.8 Å². The Morgan fingerprint density at radius 3 is 2.45 bits per heavy atom. The molecular formula is C13H15N3O4. The monoisotopic (exact) mass is 277 g/mol. The van der Waals surface area contributed by atoms with Crippen molar-refractivity contribution < 1.29 is 14.5 Å². The van der Waals surface area contributed by atoms with Crippen molar-refractivity contribution in [2.24, 2.45) is 0 Å². The third-order valence-corrected chi connectivity index (χ3v) is 3.41. The van der Waals surface area contributed by atoms with Gasteiger partial charge in [0.15, 0.2) is 6.29 Å². The molecule has 0 aromatic heterocycles. The number of hydrogen-bond donors (Lipinski definition) is 0. The first-order valence-electron chi connectivity index (χ1n) is 6.27. The van der Waals surface area contributed by atoms with Gasteiger partial charge in [-0.2, -0.15) is 0 Å². The molecule has 0 saturated carbocycles. The number of piperazine rings is 1. The van der Waals surface area contributed by atoms with Crippen molar-refractivity contribution in [1.29, 1.82) is 0 Å². The van der Waals surface area contributed by atoms with E-state index in [0.717, 1.165) is 0 Å². The number of rotatable bonds is 3. The fourth-order valence-electron chi connectivity index (χ4n) is 2.30. The van der Waals surface area contributed by atoms with Crippen LogP contribution < -0.4 is 4.90 Å². The highest BCUT2D eigenvalue weighted by molar-refractivity contribution is 5.86. The van der Waals surface area contributed by atoms with Crippen molar-refractivity contribution in [3.05, 3.63) is 33.9 Å². The normalized spacial score (nSPS) is 15.1. The van der Waals surface area contributed by atoms with Gasteiger partial charge in [0.25, 0.3) is 5.69 Å². The average molecular weight is 277 g/mol. The molecule has 7 nitrogen and oxygen atoms in total. The van der Waals surface area contributed by atoms with E-state index in [0.29, 0.717) is 43.7 Å². The van der Waals surface area contributed by atoms with Crippen LogP contribution >= 0.6 is 0 Å². The van der Waals surface area contributed by atoms with Crippen LogP contribution in [0.3, 0.4) is 0 Å². The van der Waals surface area contributed by atoms with Crippen molar-refractivity contribution in [2.45, 2.75) is 6.92 Å². The van der Waals surface area contributed by atoms with Crippen LogP contribution in [0.1, 0.15) is 17.3 Å². The smallest absolute Gasteiger partial charge is 0.270 e. The predicted octanol–water partition coefficient (Wildman–Crippen LogP) is 1.08. The van der Waals surface area contributed by atoms with Crippen LogP contribution in [0.4, 0.5) is 11.4 Å². The van der Waals surface area contributed by atoms with Gasteiger partial charge in [0, 0.05) is 56.5 Å². The van der Waals surface area contributed by atoms with Crippen LogP contribution in [0.25, 0.3) is 0 Å². The third-order valence-electron chi connectivity index (χ3n) is 3.41. The lowest BCUT2D eigenvalue weighted by Crippen LogP contribution is -2.48. The Morgan fingerprint density at radius 2 is 1.95 bits per heavy atom. The summed E-state index contributed by atoms with van der Waals surface area (Å²) in [6.07, 6.45) is 0.625. The molecule has 0 bridgehead atoms. The summed E-state index contributed by atoms with van der Waals surface area (Å²) in [6.45, 7) is 3.92. The third kappa shape index (κ3) is 2.76. The maximum absolute atomic E-state index is 11.3. The summed E-state index contributed by atoms with van der Waals surface area (Å²) in [6, 6.07) is 4.25. The fraction of sp³-hybridized carbons (Fsp3) is 0.385. The van der Waals surface area contributed by atoms with E-state index in [1.807, 2.05) is 4.90 Å². The molecule has 0 N–H and O–H groups in total. The number of nitro benzene ring substituents is 1. The van der Waals surface area contributed by atoms with E-state index in [9.17, 15) is 19.7 Å². The number of amides is 1. The number of non-ortho nitro benzene ring substituents is 1. The van der Waals surface area contributed by atoms with Gasteiger partial charge in [-0.3, -0.25) is 19.7 Å². The van der Waals surface area contributed by atoms with Gasteiger partial charge in [0.05, 0.1) is 4.92 Å². The Morgan fingerprint density at radius 1 is 1.30 bits per heavy atom. The van der Waals surface area contributed by atoms with Crippen LogP contribution in [-0.4, -0.2) is 48.2 Å². The number of carbonyl (C=O) groups excluding carboxylic acids is 2. The van der Waals surface area contributed by atoms with Crippen molar-refractivity contribution in [1.82, 2.24) is 4.90 Å². The molecule has 7 heteroatoms. The van der Waals surface area contributed by atoms with E-state index in [4.69, 9.17) is 0 Å². The second kappa shape index (κ2) is 5.68. The average Bonchev–Trinajstić information content (AvgIpc) is 2.46. The molecule has 0 atom stereocenters. The quantitative estimate of drug-likeness (QED) is 0.469. The maximum atomic E-state index is 11.3. The Bertz CT molecular complexity index is 551. The first kappa shape index (κ1) is 14.0. The Labute approximate surface area is 115 Å². The molecule has 0 radical (unpaired) electrons. The highest BCUT2D eigenvalue weighted by Crippen LogP contribution is 2.25. The zero-order chi connectivity index (χ0) is 14.7. The summed E-state index contributed by atoms with van der Waals surface area (Å²) in [5, 5.41) is 10.7. The minimum Gasteiger partial charge on any atom is -0.367 e. The minimum atomic E-state index is -0.523. The van der Waals surface area contributed by atoms with Crippen molar-refractivity contribution in [3.8, 4) is 0 Å². The van der Waals surface area contributed by atoms with Crippen LogP contribution in [-0.2, 0) is 4.79 Å². The zero-order valence-electron chi connectivity index (χ0n) is 11.1. The molecule has 0 aliphatic carbocycles. The second-order valence-electron chi connectivity index (χ2n) is 4.61. The Balaban J connectivity index is 2.19.